The first-order chi connectivity index (χ1) is 10.3. The van der Waals surface area contributed by atoms with E-state index < -0.39 is 0 Å². The molecule has 1 saturated carbocycles. The maximum absolute atomic E-state index is 12.4. The zero-order chi connectivity index (χ0) is 14.7. The first kappa shape index (κ1) is 14.7. The number of hydrogen-bond acceptors (Lipinski definition) is 5. The summed E-state index contributed by atoms with van der Waals surface area (Å²) in [7, 11) is 0. The van der Waals surface area contributed by atoms with Gasteiger partial charge < -0.3 is 10.0 Å². The Morgan fingerprint density at radius 1 is 1.43 bits per heavy atom. The van der Waals surface area contributed by atoms with Crippen molar-refractivity contribution in [1.29, 1.82) is 0 Å². The fourth-order valence-electron chi connectivity index (χ4n) is 2.48. The lowest BCUT2D eigenvalue weighted by atomic mass is 9.91. The lowest BCUT2D eigenvalue weighted by molar-refractivity contribution is -0.135. The van der Waals surface area contributed by atoms with Gasteiger partial charge in [-0.25, -0.2) is 4.98 Å². The van der Waals surface area contributed by atoms with E-state index in [0.717, 1.165) is 28.4 Å². The molecule has 6 heteroatoms. The van der Waals surface area contributed by atoms with Crippen LogP contribution in [0.25, 0.3) is 9.88 Å². The van der Waals surface area contributed by atoms with E-state index in [1.165, 1.54) is 6.42 Å². The fraction of sp³-hybridized carbons (Fsp3) is 0.467. The van der Waals surface area contributed by atoms with Crippen LogP contribution in [0.4, 0.5) is 0 Å². The maximum Gasteiger partial charge on any atom is 0.228 e. The van der Waals surface area contributed by atoms with Crippen LogP contribution in [0.5, 0.6) is 0 Å². The van der Waals surface area contributed by atoms with Crippen LogP contribution < -0.4 is 0 Å². The molecule has 0 radical (unpaired) electrons. The summed E-state index contributed by atoms with van der Waals surface area (Å²) in [6.07, 6.45) is 3.63. The summed E-state index contributed by atoms with van der Waals surface area (Å²) in [5.74, 6) is 0.0804. The Bertz CT molecular complexity index is 591. The number of thiazole rings is 1. The first-order valence-electron chi connectivity index (χ1n) is 7.16. The van der Waals surface area contributed by atoms with Gasteiger partial charge in [-0.1, -0.05) is 6.07 Å². The maximum atomic E-state index is 12.4. The predicted octanol–water partition coefficient (Wildman–Crippen LogP) is 2.79. The van der Waals surface area contributed by atoms with E-state index in [2.05, 4.69) is 4.98 Å². The lowest BCUT2D eigenvalue weighted by Crippen LogP contribution is -2.46. The van der Waals surface area contributed by atoms with Gasteiger partial charge in [0.25, 0.3) is 0 Å². The van der Waals surface area contributed by atoms with Gasteiger partial charge in [-0.2, -0.15) is 0 Å². The average Bonchev–Trinajstić information content (AvgIpc) is 3.06. The molecular formula is C15H18N2O2S2. The van der Waals surface area contributed by atoms with Crippen LogP contribution in [0.3, 0.4) is 0 Å². The van der Waals surface area contributed by atoms with E-state index in [4.69, 9.17) is 5.11 Å². The van der Waals surface area contributed by atoms with Gasteiger partial charge in [-0.3, -0.25) is 4.79 Å². The van der Waals surface area contributed by atoms with Gasteiger partial charge in [0.15, 0.2) is 0 Å². The number of aliphatic hydroxyl groups excluding tert-OH is 1. The molecule has 3 rings (SSSR count). The van der Waals surface area contributed by atoms with Crippen molar-refractivity contribution in [2.75, 3.05) is 13.2 Å². The highest BCUT2D eigenvalue weighted by Crippen LogP contribution is 2.29. The monoisotopic (exact) mass is 322 g/mol. The van der Waals surface area contributed by atoms with Gasteiger partial charge in [0.05, 0.1) is 23.6 Å². The molecule has 1 aliphatic carbocycles. The highest BCUT2D eigenvalue weighted by molar-refractivity contribution is 7.20. The van der Waals surface area contributed by atoms with Crippen molar-refractivity contribution >= 4 is 28.6 Å². The number of carbonyl (C=O) groups excluding carboxylic acids is 1. The highest BCUT2D eigenvalue weighted by Gasteiger charge is 2.28. The summed E-state index contributed by atoms with van der Waals surface area (Å²) in [6, 6.07) is 4.37. The summed E-state index contributed by atoms with van der Waals surface area (Å²) in [5, 5.41) is 14.1. The third-order valence-corrected chi connectivity index (χ3v) is 5.72. The Balaban J connectivity index is 1.66. The van der Waals surface area contributed by atoms with Crippen LogP contribution in [0.2, 0.25) is 0 Å². The van der Waals surface area contributed by atoms with Gasteiger partial charge in [0, 0.05) is 18.0 Å². The van der Waals surface area contributed by atoms with Crippen LogP contribution in [0, 0.1) is 0 Å². The number of nitrogens with zero attached hydrogens (tertiary/aromatic N) is 2. The van der Waals surface area contributed by atoms with Gasteiger partial charge in [0.2, 0.25) is 5.91 Å². The second kappa shape index (κ2) is 6.68. The SMILES string of the molecule is O=C(Cc1csc(-c2cccs2)n1)N(CCO)C1CCC1. The molecule has 1 N–H and O–H groups in total. The minimum absolute atomic E-state index is 0.0275. The zero-order valence-electron chi connectivity index (χ0n) is 11.7. The molecule has 0 aromatic carbocycles. The number of aliphatic hydroxyl groups is 1. The molecule has 2 aromatic heterocycles. The summed E-state index contributed by atoms with van der Waals surface area (Å²) >= 11 is 3.24. The summed E-state index contributed by atoms with van der Waals surface area (Å²) in [6.45, 7) is 0.463. The number of carbonyl (C=O) groups is 1. The Kier molecular flexibility index (Phi) is 4.67. The molecule has 21 heavy (non-hydrogen) atoms. The molecule has 1 amide bonds. The second-order valence-corrected chi connectivity index (χ2v) is 7.00. The third kappa shape index (κ3) is 3.33. The molecule has 0 aliphatic heterocycles. The molecule has 0 unspecified atom stereocenters. The first-order valence-corrected chi connectivity index (χ1v) is 8.92. The minimum Gasteiger partial charge on any atom is -0.395 e. The van der Waals surface area contributed by atoms with Crippen LogP contribution >= 0.6 is 22.7 Å². The number of rotatable bonds is 6. The quantitative estimate of drug-likeness (QED) is 0.890. The Labute approximate surface area is 132 Å². The van der Waals surface area contributed by atoms with Gasteiger partial charge >= 0.3 is 0 Å². The molecule has 112 valence electrons. The van der Waals surface area contributed by atoms with Crippen molar-refractivity contribution in [2.24, 2.45) is 0 Å². The predicted molar refractivity (Wildman–Crippen MR) is 85.6 cm³/mol. The molecule has 1 fully saturated rings. The van der Waals surface area contributed by atoms with Crippen molar-refractivity contribution < 1.29 is 9.90 Å². The fourth-order valence-corrected chi connectivity index (χ4v) is 4.11. The molecule has 4 nitrogen and oxygen atoms in total. The number of thiophene rings is 1. The van der Waals surface area contributed by atoms with Crippen molar-refractivity contribution in [3.63, 3.8) is 0 Å². The van der Waals surface area contributed by atoms with E-state index in [-0.39, 0.29) is 12.5 Å². The van der Waals surface area contributed by atoms with Crippen LogP contribution in [-0.4, -0.2) is 40.1 Å². The number of amides is 1. The Morgan fingerprint density at radius 3 is 2.90 bits per heavy atom. The number of aromatic nitrogens is 1. The van der Waals surface area contributed by atoms with Crippen LogP contribution in [0.15, 0.2) is 22.9 Å². The lowest BCUT2D eigenvalue weighted by Gasteiger charge is -2.37. The standard InChI is InChI=1S/C15H18N2O2S2/c18-7-6-17(12-3-1-4-12)14(19)9-11-10-21-15(16-11)13-5-2-8-20-13/h2,5,8,10,12,18H,1,3-4,6-7,9H2. The van der Waals surface area contributed by atoms with Crippen molar-refractivity contribution in [1.82, 2.24) is 9.88 Å². The van der Waals surface area contributed by atoms with E-state index in [0.29, 0.717) is 19.0 Å². The average molecular weight is 322 g/mol. The molecule has 1 aliphatic rings. The van der Waals surface area contributed by atoms with E-state index in [1.807, 2.05) is 27.8 Å². The molecular weight excluding hydrogens is 304 g/mol. The molecule has 0 atom stereocenters. The minimum atomic E-state index is 0.0275. The molecule has 0 spiro atoms. The van der Waals surface area contributed by atoms with Gasteiger partial charge in [-0.05, 0) is 30.7 Å². The Morgan fingerprint density at radius 2 is 2.29 bits per heavy atom. The van der Waals surface area contributed by atoms with Crippen LogP contribution in [-0.2, 0) is 11.2 Å². The number of hydrogen-bond donors (Lipinski definition) is 1. The summed E-state index contributed by atoms with van der Waals surface area (Å²) in [5.41, 5.74) is 0.829. The molecule has 0 bridgehead atoms. The van der Waals surface area contributed by atoms with Crippen molar-refractivity contribution in [3.8, 4) is 9.88 Å². The summed E-state index contributed by atoms with van der Waals surface area (Å²) in [4.78, 5) is 19.9. The van der Waals surface area contributed by atoms with Crippen LogP contribution in [0.1, 0.15) is 25.0 Å². The third-order valence-electron chi connectivity index (χ3n) is 3.79. The summed E-state index contributed by atoms with van der Waals surface area (Å²) < 4.78 is 0. The van der Waals surface area contributed by atoms with Crippen molar-refractivity contribution in [2.45, 2.75) is 31.7 Å². The molecule has 0 saturated heterocycles. The van der Waals surface area contributed by atoms with Gasteiger partial charge in [-0.15, -0.1) is 22.7 Å². The molecule has 2 heterocycles. The normalized spacial score (nSPS) is 14.9. The topological polar surface area (TPSA) is 53.4 Å². The van der Waals surface area contributed by atoms with E-state index >= 15 is 0 Å². The van der Waals surface area contributed by atoms with Gasteiger partial charge in [0.1, 0.15) is 5.01 Å². The largest absolute Gasteiger partial charge is 0.395 e. The van der Waals surface area contributed by atoms with E-state index in [9.17, 15) is 4.79 Å². The van der Waals surface area contributed by atoms with E-state index in [1.54, 1.807) is 22.7 Å². The zero-order valence-corrected chi connectivity index (χ0v) is 13.3. The Hall–Kier alpha value is -1.24. The highest BCUT2D eigenvalue weighted by atomic mass is 32.1. The smallest absolute Gasteiger partial charge is 0.228 e. The molecule has 2 aromatic rings. The van der Waals surface area contributed by atoms with Crippen molar-refractivity contribution in [3.05, 3.63) is 28.6 Å². The second-order valence-electron chi connectivity index (χ2n) is 5.19.